The highest BCUT2D eigenvalue weighted by atomic mass is 31.0. The van der Waals surface area contributed by atoms with Crippen LogP contribution in [0.25, 0.3) is 0 Å². The van der Waals surface area contributed by atoms with Gasteiger partial charge in [0.25, 0.3) is 0 Å². The van der Waals surface area contributed by atoms with Crippen molar-refractivity contribution in [3.8, 4) is 0 Å². The average Bonchev–Trinajstić information content (AvgIpc) is 2.96. The molecule has 0 heterocycles. The molecule has 0 aromatic heterocycles. The number of carbonyl (C=O) groups is 1. The number of carbonyl (C=O) groups excluding carboxylic acids is 1. The molecule has 0 aliphatic carbocycles. The van der Waals surface area contributed by atoms with Gasteiger partial charge >= 0.3 is 5.97 Å². The van der Waals surface area contributed by atoms with Gasteiger partial charge in [-0.25, -0.2) is 4.79 Å². The fraction of sp³-hybridized carbons (Fsp3) is 0.919. The molecule has 238 valence electrons. The molecule has 0 spiro atoms. The first-order valence-corrected chi connectivity index (χ1v) is 18.6. The number of esters is 1. The van der Waals surface area contributed by atoms with E-state index in [4.69, 9.17) is 4.74 Å². The molecule has 0 aliphatic heterocycles. The zero-order valence-electron chi connectivity index (χ0n) is 28.1. The van der Waals surface area contributed by atoms with E-state index in [2.05, 4.69) is 50.4 Å². The third kappa shape index (κ3) is 16.9. The molecule has 0 N–H and O–H groups in total. The summed E-state index contributed by atoms with van der Waals surface area (Å²) in [5, 5.41) is 0.116. The molecule has 3 unspecified atom stereocenters. The van der Waals surface area contributed by atoms with Crippen molar-refractivity contribution < 1.29 is 9.53 Å². The molecule has 40 heavy (non-hydrogen) atoms. The van der Waals surface area contributed by atoms with Gasteiger partial charge in [0.1, 0.15) is 6.10 Å². The lowest BCUT2D eigenvalue weighted by molar-refractivity contribution is -0.152. The Morgan fingerprint density at radius 2 is 0.925 bits per heavy atom. The van der Waals surface area contributed by atoms with Crippen LogP contribution in [0, 0.1) is 5.41 Å². The second kappa shape index (κ2) is 26.3. The van der Waals surface area contributed by atoms with Gasteiger partial charge in [0.2, 0.25) is 0 Å². The Hall–Kier alpha value is -0.360. The van der Waals surface area contributed by atoms with Crippen molar-refractivity contribution in [2.45, 2.75) is 213 Å². The maximum Gasteiger partial charge on any atom is 0.330 e. The van der Waals surface area contributed by atoms with Crippen LogP contribution in [0.3, 0.4) is 0 Å². The molecule has 0 radical (unpaired) electrons. The monoisotopic (exact) mass is 581 g/mol. The van der Waals surface area contributed by atoms with E-state index in [9.17, 15) is 4.79 Å². The third-order valence-electron chi connectivity index (χ3n) is 9.64. The van der Waals surface area contributed by atoms with Crippen LogP contribution in [-0.2, 0) is 9.53 Å². The van der Waals surface area contributed by atoms with Crippen LogP contribution in [0.4, 0.5) is 0 Å². The minimum Gasteiger partial charge on any atom is -0.459 e. The summed E-state index contributed by atoms with van der Waals surface area (Å²) in [6.07, 6.45) is 35.6. The molecule has 3 atom stereocenters. The average molecular weight is 581 g/mol. The van der Waals surface area contributed by atoms with Crippen molar-refractivity contribution >= 4 is 15.2 Å². The quantitative estimate of drug-likeness (QED) is 0.0365. The van der Waals surface area contributed by atoms with Gasteiger partial charge in [0.05, 0.1) is 0 Å². The summed E-state index contributed by atoms with van der Waals surface area (Å²) in [5.41, 5.74) is 0.00663. The molecular formula is C37H73O2P. The molecule has 0 aromatic carbocycles. The Kier molecular flexibility index (Phi) is 26.0. The number of ether oxygens (including phenoxy) is 1. The van der Waals surface area contributed by atoms with Crippen molar-refractivity contribution in [3.63, 3.8) is 0 Å². The molecule has 0 aliphatic rings. The van der Waals surface area contributed by atoms with Gasteiger partial charge in [0, 0.05) is 11.5 Å². The van der Waals surface area contributed by atoms with Crippen LogP contribution in [0.15, 0.2) is 12.7 Å². The maximum atomic E-state index is 12.4. The Balaban J connectivity index is 4.83. The Morgan fingerprint density at radius 3 is 1.30 bits per heavy atom. The number of rotatable bonds is 30. The van der Waals surface area contributed by atoms with Crippen LogP contribution >= 0.6 is 9.24 Å². The lowest BCUT2D eigenvalue weighted by Gasteiger charge is -2.53. The van der Waals surface area contributed by atoms with Gasteiger partial charge in [-0.1, -0.05) is 176 Å². The molecule has 0 saturated heterocycles. The maximum absolute atomic E-state index is 12.4. The normalized spacial score (nSPS) is 14.2. The minimum absolute atomic E-state index is 0.00663. The van der Waals surface area contributed by atoms with Gasteiger partial charge < -0.3 is 4.74 Å². The van der Waals surface area contributed by atoms with Crippen LogP contribution < -0.4 is 0 Å². The summed E-state index contributed by atoms with van der Waals surface area (Å²) in [4.78, 5) is 12.4. The summed E-state index contributed by atoms with van der Waals surface area (Å²) in [6.45, 7) is 15.1. The van der Waals surface area contributed by atoms with E-state index in [-0.39, 0.29) is 22.6 Å². The van der Waals surface area contributed by atoms with Gasteiger partial charge in [-0.3, -0.25) is 0 Å². The molecule has 2 nitrogen and oxygen atoms in total. The van der Waals surface area contributed by atoms with E-state index in [1.165, 1.54) is 160 Å². The van der Waals surface area contributed by atoms with E-state index < -0.39 is 0 Å². The third-order valence-corrected chi connectivity index (χ3v) is 10.8. The first-order chi connectivity index (χ1) is 19.4. The molecule has 0 fully saturated rings. The summed E-state index contributed by atoms with van der Waals surface area (Å²) in [5.74, 6) is -0.265. The predicted molar refractivity (Wildman–Crippen MR) is 183 cm³/mol. The van der Waals surface area contributed by atoms with Crippen LogP contribution in [0.5, 0.6) is 0 Å². The summed E-state index contributed by atoms with van der Waals surface area (Å²) >= 11 is 0. The number of hydrogen-bond acceptors (Lipinski definition) is 2. The van der Waals surface area contributed by atoms with Crippen molar-refractivity contribution in [2.24, 2.45) is 5.41 Å². The zero-order chi connectivity index (χ0) is 30.0. The summed E-state index contributed by atoms with van der Waals surface area (Å²) in [7, 11) is 3.36. The lowest BCUT2D eigenvalue weighted by Crippen LogP contribution is -2.52. The highest BCUT2D eigenvalue weighted by Gasteiger charge is 2.51. The lowest BCUT2D eigenvalue weighted by atomic mass is 9.61. The van der Waals surface area contributed by atoms with Crippen LogP contribution in [0.1, 0.15) is 202 Å². The molecule has 0 amide bonds. The molecule has 0 saturated carbocycles. The van der Waals surface area contributed by atoms with Crippen LogP contribution in [-0.4, -0.2) is 17.2 Å². The molecule has 0 aromatic rings. The Labute approximate surface area is 255 Å². The number of hydrogen-bond donors (Lipinski definition) is 0. The van der Waals surface area contributed by atoms with Crippen molar-refractivity contribution in [1.29, 1.82) is 0 Å². The fourth-order valence-corrected chi connectivity index (χ4v) is 7.79. The topological polar surface area (TPSA) is 26.3 Å². The van der Waals surface area contributed by atoms with E-state index in [0.29, 0.717) is 0 Å². The fourth-order valence-electron chi connectivity index (χ4n) is 6.86. The molecule has 3 heteroatoms. The van der Waals surface area contributed by atoms with E-state index in [1.54, 1.807) is 0 Å². The number of unbranched alkanes of at least 4 members (excludes halogenated alkanes) is 18. The van der Waals surface area contributed by atoms with Gasteiger partial charge in [-0.2, -0.15) is 0 Å². The van der Waals surface area contributed by atoms with E-state index in [0.717, 1.165) is 12.8 Å². The first kappa shape index (κ1) is 39.6. The largest absolute Gasteiger partial charge is 0.459 e. The standard InChI is InChI=1S/C37H73O2P/c1-7-12-16-17-18-19-20-21-22-23-24-25-26-27-28-29-31-36(30-13-8-2,34(6)39-35(38)11-5)37(40,32-14-9-3)33-15-10-4/h11,34H,5,7-10,12-33,40H2,1-4,6H3. The molecule has 0 bridgehead atoms. The van der Waals surface area contributed by atoms with Crippen molar-refractivity contribution in [2.75, 3.05) is 0 Å². The minimum atomic E-state index is -0.265. The van der Waals surface area contributed by atoms with E-state index >= 15 is 0 Å². The van der Waals surface area contributed by atoms with Crippen molar-refractivity contribution in [1.82, 2.24) is 0 Å². The first-order valence-electron chi connectivity index (χ1n) is 18.0. The highest BCUT2D eigenvalue weighted by molar-refractivity contribution is 7.19. The summed E-state index contributed by atoms with van der Waals surface area (Å²) < 4.78 is 6.08. The zero-order valence-corrected chi connectivity index (χ0v) is 29.3. The van der Waals surface area contributed by atoms with Gasteiger partial charge in [0.15, 0.2) is 0 Å². The SMILES string of the molecule is C=CC(=O)OC(C)C(CCCC)(CCCCCCCCCCCCCCCCCC)C(P)(CCCC)CCCC. The highest BCUT2D eigenvalue weighted by Crippen LogP contribution is 2.55. The van der Waals surface area contributed by atoms with Gasteiger partial charge in [-0.15, -0.1) is 9.24 Å². The smallest absolute Gasteiger partial charge is 0.330 e. The Bertz CT molecular complexity index is 581. The van der Waals surface area contributed by atoms with Crippen LogP contribution in [0.2, 0.25) is 0 Å². The second-order valence-electron chi connectivity index (χ2n) is 13.0. The molecule has 0 rings (SSSR count). The Morgan fingerprint density at radius 1 is 0.600 bits per heavy atom. The summed E-state index contributed by atoms with van der Waals surface area (Å²) in [6, 6.07) is 0. The van der Waals surface area contributed by atoms with Gasteiger partial charge in [-0.05, 0) is 37.8 Å². The second-order valence-corrected chi connectivity index (χ2v) is 14.1. The molecular weight excluding hydrogens is 507 g/mol. The van der Waals surface area contributed by atoms with E-state index in [1.807, 2.05) is 0 Å². The van der Waals surface area contributed by atoms with Crippen molar-refractivity contribution in [3.05, 3.63) is 12.7 Å². The predicted octanol–water partition coefficient (Wildman–Crippen LogP) is 12.9.